The van der Waals surface area contributed by atoms with E-state index in [0.717, 1.165) is 66.9 Å². The Kier molecular flexibility index (Phi) is 4.84. The molecule has 7 heteroatoms. The van der Waals surface area contributed by atoms with E-state index >= 15 is 0 Å². The number of piperazine rings is 1. The molecule has 30 heavy (non-hydrogen) atoms. The number of aromatic nitrogens is 2. The van der Waals surface area contributed by atoms with Crippen molar-refractivity contribution in [2.75, 3.05) is 39.0 Å². The monoisotopic (exact) mass is 402 g/mol. The van der Waals surface area contributed by atoms with E-state index < -0.39 is 0 Å². The van der Waals surface area contributed by atoms with Gasteiger partial charge < -0.3 is 15.5 Å². The van der Waals surface area contributed by atoms with Crippen LogP contribution in [0.3, 0.4) is 0 Å². The maximum Gasteiger partial charge on any atom is 0.220 e. The minimum Gasteiger partial charge on any atom is -0.368 e. The Labute approximate surface area is 176 Å². The molecule has 2 aliphatic rings. The quantitative estimate of drug-likeness (QED) is 0.673. The van der Waals surface area contributed by atoms with Crippen molar-refractivity contribution in [1.29, 1.82) is 0 Å². The zero-order valence-corrected chi connectivity index (χ0v) is 17.2. The smallest absolute Gasteiger partial charge is 0.220 e. The van der Waals surface area contributed by atoms with E-state index in [1.54, 1.807) is 4.90 Å². The number of nitrogens with two attached hydrogens (primary N) is 1. The molecule has 1 atom stereocenters. The molecule has 2 N–H and O–H groups in total. The molecule has 2 aliphatic heterocycles. The van der Waals surface area contributed by atoms with Crippen LogP contribution in [0.25, 0.3) is 10.9 Å². The standard InChI is InChI=1S/C23H26N6O/c1-27-8-10-28(11-9-27)13-16-6-7-20-19(12-16)21(26-23(24)25-20)22-18-5-3-2-4-17(18)14-29(22)15-30/h2-7,12,15,22H,8-11,13-14H2,1H3,(H2,24,25,26). The number of carbonyl (C=O) groups excluding carboxylic acids is 1. The summed E-state index contributed by atoms with van der Waals surface area (Å²) in [5.74, 6) is 0.236. The number of likely N-dealkylation sites (N-methyl/N-ethyl adjacent to an activating group) is 1. The maximum absolute atomic E-state index is 11.9. The highest BCUT2D eigenvalue weighted by atomic mass is 16.1. The highest BCUT2D eigenvalue weighted by molar-refractivity contribution is 5.84. The summed E-state index contributed by atoms with van der Waals surface area (Å²) in [7, 11) is 2.17. The summed E-state index contributed by atoms with van der Waals surface area (Å²) in [6, 6.07) is 14.2. The van der Waals surface area contributed by atoms with Crippen LogP contribution in [0.1, 0.15) is 28.4 Å². The number of hydrogen-bond acceptors (Lipinski definition) is 6. The number of nitrogen functional groups attached to an aromatic ring is 1. The highest BCUT2D eigenvalue weighted by Gasteiger charge is 2.33. The van der Waals surface area contributed by atoms with Crippen molar-refractivity contribution >= 4 is 23.3 Å². The van der Waals surface area contributed by atoms with E-state index in [1.165, 1.54) is 5.56 Å². The minimum absolute atomic E-state index is 0.236. The van der Waals surface area contributed by atoms with Gasteiger partial charge in [-0.25, -0.2) is 9.97 Å². The largest absolute Gasteiger partial charge is 0.368 e. The number of carbonyl (C=O) groups is 1. The average Bonchev–Trinajstić information content (AvgIpc) is 3.13. The Balaban J connectivity index is 1.57. The van der Waals surface area contributed by atoms with Crippen molar-refractivity contribution < 1.29 is 4.79 Å². The molecular formula is C23H26N6O. The fourth-order valence-electron chi connectivity index (χ4n) is 4.60. The maximum atomic E-state index is 11.9. The molecule has 2 aromatic carbocycles. The number of benzene rings is 2. The molecule has 1 saturated heterocycles. The Morgan fingerprint density at radius 1 is 1.10 bits per heavy atom. The second kappa shape index (κ2) is 7.66. The Morgan fingerprint density at radius 3 is 2.70 bits per heavy atom. The van der Waals surface area contributed by atoms with Gasteiger partial charge in [0.2, 0.25) is 12.4 Å². The van der Waals surface area contributed by atoms with Gasteiger partial charge in [0.05, 0.1) is 11.2 Å². The molecule has 5 rings (SSSR count). The summed E-state index contributed by atoms with van der Waals surface area (Å²) in [6.07, 6.45) is 0.906. The number of anilines is 1. The molecule has 0 saturated carbocycles. The van der Waals surface area contributed by atoms with Crippen LogP contribution in [-0.4, -0.2) is 64.3 Å². The molecule has 0 aliphatic carbocycles. The number of rotatable bonds is 4. The zero-order chi connectivity index (χ0) is 20.7. The van der Waals surface area contributed by atoms with Gasteiger partial charge in [-0.15, -0.1) is 0 Å². The molecule has 1 amide bonds. The topological polar surface area (TPSA) is 78.6 Å². The first kappa shape index (κ1) is 19.0. The lowest BCUT2D eigenvalue weighted by atomic mass is 9.98. The Morgan fingerprint density at radius 2 is 1.90 bits per heavy atom. The molecule has 1 unspecified atom stereocenters. The van der Waals surface area contributed by atoms with Gasteiger partial charge in [-0.3, -0.25) is 9.69 Å². The van der Waals surface area contributed by atoms with Gasteiger partial charge in [-0.2, -0.15) is 0 Å². The molecule has 0 spiro atoms. The van der Waals surface area contributed by atoms with E-state index in [1.807, 2.05) is 18.2 Å². The third-order valence-electron chi connectivity index (χ3n) is 6.24. The van der Waals surface area contributed by atoms with Crippen LogP contribution in [0.15, 0.2) is 42.5 Å². The number of fused-ring (bicyclic) bond motifs is 2. The first-order valence-corrected chi connectivity index (χ1v) is 10.4. The molecule has 0 radical (unpaired) electrons. The fourth-order valence-corrected chi connectivity index (χ4v) is 4.60. The molecule has 1 aromatic heterocycles. The second-order valence-corrected chi connectivity index (χ2v) is 8.28. The predicted molar refractivity (Wildman–Crippen MR) is 117 cm³/mol. The summed E-state index contributed by atoms with van der Waals surface area (Å²) in [5, 5.41) is 0.962. The summed E-state index contributed by atoms with van der Waals surface area (Å²) in [5.41, 5.74) is 11.2. The van der Waals surface area contributed by atoms with Crippen LogP contribution in [0.4, 0.5) is 5.95 Å². The lowest BCUT2D eigenvalue weighted by Gasteiger charge is -2.32. The normalized spacial score (nSPS) is 19.9. The van der Waals surface area contributed by atoms with Crippen LogP contribution in [0.5, 0.6) is 0 Å². The lowest BCUT2D eigenvalue weighted by Crippen LogP contribution is -2.43. The first-order valence-electron chi connectivity index (χ1n) is 10.4. The SMILES string of the molecule is CN1CCN(Cc2ccc3nc(N)nc(C4c5ccccc5CN4C=O)c3c2)CC1. The summed E-state index contributed by atoms with van der Waals surface area (Å²) >= 11 is 0. The third-order valence-corrected chi connectivity index (χ3v) is 6.24. The Hall–Kier alpha value is -3.03. The van der Waals surface area contributed by atoms with Crippen molar-refractivity contribution in [2.24, 2.45) is 0 Å². The molecule has 0 bridgehead atoms. The average molecular weight is 403 g/mol. The number of nitrogens with zero attached hydrogens (tertiary/aromatic N) is 5. The highest BCUT2D eigenvalue weighted by Crippen LogP contribution is 2.39. The van der Waals surface area contributed by atoms with Crippen molar-refractivity contribution in [1.82, 2.24) is 24.7 Å². The van der Waals surface area contributed by atoms with Gasteiger partial charge in [0, 0.05) is 44.7 Å². The number of hydrogen-bond donors (Lipinski definition) is 1. The molecule has 7 nitrogen and oxygen atoms in total. The summed E-state index contributed by atoms with van der Waals surface area (Å²) in [6.45, 7) is 5.78. The third kappa shape index (κ3) is 3.40. The van der Waals surface area contributed by atoms with Crippen LogP contribution in [-0.2, 0) is 17.9 Å². The second-order valence-electron chi connectivity index (χ2n) is 8.28. The van der Waals surface area contributed by atoms with Crippen LogP contribution >= 0.6 is 0 Å². The first-order chi connectivity index (χ1) is 14.6. The van der Waals surface area contributed by atoms with Crippen LogP contribution in [0, 0.1) is 0 Å². The predicted octanol–water partition coefficient (Wildman–Crippen LogP) is 2.02. The molecule has 3 heterocycles. The summed E-state index contributed by atoms with van der Waals surface area (Å²) < 4.78 is 0. The molecule has 3 aromatic rings. The zero-order valence-electron chi connectivity index (χ0n) is 17.2. The van der Waals surface area contributed by atoms with Crippen molar-refractivity contribution in [3.05, 3.63) is 64.8 Å². The molecular weight excluding hydrogens is 376 g/mol. The van der Waals surface area contributed by atoms with Gasteiger partial charge in [0.15, 0.2) is 0 Å². The van der Waals surface area contributed by atoms with E-state index in [4.69, 9.17) is 5.73 Å². The number of amides is 1. The van der Waals surface area contributed by atoms with Crippen LogP contribution < -0.4 is 5.73 Å². The van der Waals surface area contributed by atoms with Gasteiger partial charge in [0.1, 0.15) is 6.04 Å². The van der Waals surface area contributed by atoms with E-state index in [0.29, 0.717) is 6.54 Å². The Bertz CT molecular complexity index is 1090. The fraction of sp³-hybridized carbons (Fsp3) is 0.348. The summed E-state index contributed by atoms with van der Waals surface area (Å²) in [4.78, 5) is 27.6. The molecule has 154 valence electrons. The van der Waals surface area contributed by atoms with Gasteiger partial charge in [0.25, 0.3) is 0 Å². The lowest BCUT2D eigenvalue weighted by molar-refractivity contribution is -0.119. The van der Waals surface area contributed by atoms with Crippen molar-refractivity contribution in [2.45, 2.75) is 19.1 Å². The van der Waals surface area contributed by atoms with E-state index in [9.17, 15) is 4.79 Å². The van der Waals surface area contributed by atoms with Crippen molar-refractivity contribution in [3.8, 4) is 0 Å². The van der Waals surface area contributed by atoms with Crippen molar-refractivity contribution in [3.63, 3.8) is 0 Å². The van der Waals surface area contributed by atoms with E-state index in [2.05, 4.69) is 51.1 Å². The van der Waals surface area contributed by atoms with Gasteiger partial charge >= 0.3 is 0 Å². The van der Waals surface area contributed by atoms with Crippen LogP contribution in [0.2, 0.25) is 0 Å². The van der Waals surface area contributed by atoms with E-state index in [-0.39, 0.29) is 12.0 Å². The van der Waals surface area contributed by atoms with Gasteiger partial charge in [-0.1, -0.05) is 30.3 Å². The minimum atomic E-state index is -0.245. The van der Waals surface area contributed by atoms with Gasteiger partial charge in [-0.05, 0) is 35.9 Å². The molecule has 1 fully saturated rings.